The van der Waals surface area contributed by atoms with Crippen LogP contribution in [0.4, 0.5) is 17.3 Å². The Labute approximate surface area is 227 Å². The van der Waals surface area contributed by atoms with Crippen molar-refractivity contribution < 1.29 is 9.59 Å². The van der Waals surface area contributed by atoms with Crippen LogP contribution >= 0.6 is 11.6 Å². The van der Waals surface area contributed by atoms with E-state index in [-0.39, 0.29) is 17.2 Å². The van der Waals surface area contributed by atoms with Crippen LogP contribution in [-0.4, -0.2) is 21.8 Å². The van der Waals surface area contributed by atoms with E-state index in [1.54, 1.807) is 18.2 Å². The molecule has 1 saturated carbocycles. The summed E-state index contributed by atoms with van der Waals surface area (Å²) in [5, 5.41) is 9.81. The maximum Gasteiger partial charge on any atom is 0.255 e. The molecule has 7 nitrogen and oxygen atoms in total. The van der Waals surface area contributed by atoms with Gasteiger partial charge in [0.15, 0.2) is 0 Å². The minimum absolute atomic E-state index is 0.112. The molecule has 0 bridgehead atoms. The number of carbonyl (C=O) groups is 2. The summed E-state index contributed by atoms with van der Waals surface area (Å²) in [5.74, 6) is 0.426. The smallest absolute Gasteiger partial charge is 0.255 e. The molecule has 1 fully saturated rings. The quantitative estimate of drug-likeness (QED) is 0.205. The first-order valence-electron chi connectivity index (χ1n) is 13.0. The fourth-order valence-electron chi connectivity index (χ4n) is 4.91. The molecule has 1 aromatic heterocycles. The third-order valence-corrected chi connectivity index (χ3v) is 7.63. The van der Waals surface area contributed by atoms with Crippen LogP contribution in [0.2, 0.25) is 5.02 Å². The number of amides is 2. The van der Waals surface area contributed by atoms with E-state index in [9.17, 15) is 9.59 Å². The monoisotopic (exact) mass is 529 g/mol. The van der Waals surface area contributed by atoms with Crippen LogP contribution in [0.5, 0.6) is 0 Å². The molecule has 4 N–H and O–H groups in total. The van der Waals surface area contributed by atoms with Gasteiger partial charge < -0.3 is 20.9 Å². The van der Waals surface area contributed by atoms with E-state index in [1.807, 2.05) is 49.4 Å². The number of halogens is 1. The van der Waals surface area contributed by atoms with Gasteiger partial charge in [0.1, 0.15) is 0 Å². The summed E-state index contributed by atoms with van der Waals surface area (Å²) in [6, 6.07) is 18.6. The summed E-state index contributed by atoms with van der Waals surface area (Å²) in [6.07, 6.45) is 5.30. The number of benzene rings is 3. The summed E-state index contributed by atoms with van der Waals surface area (Å²) in [7, 11) is 0. The van der Waals surface area contributed by atoms with Crippen LogP contribution in [0.3, 0.4) is 0 Å². The van der Waals surface area contributed by atoms with E-state index in [2.05, 4.69) is 32.8 Å². The van der Waals surface area contributed by atoms with Gasteiger partial charge in [-0.3, -0.25) is 9.59 Å². The van der Waals surface area contributed by atoms with Gasteiger partial charge in [-0.2, -0.15) is 0 Å². The van der Waals surface area contributed by atoms with Crippen LogP contribution < -0.4 is 16.0 Å². The minimum atomic E-state index is -0.282. The molecule has 0 unspecified atom stereocenters. The third-order valence-electron chi connectivity index (χ3n) is 7.30. The van der Waals surface area contributed by atoms with E-state index in [4.69, 9.17) is 11.6 Å². The normalized spacial score (nSPS) is 14.7. The highest BCUT2D eigenvalue weighted by Crippen LogP contribution is 2.36. The molecular weight excluding hydrogens is 498 g/mol. The number of rotatable bonds is 7. The molecule has 1 aliphatic rings. The number of H-pyrrole nitrogens is 1. The molecule has 8 heteroatoms. The van der Waals surface area contributed by atoms with Crippen LogP contribution in [0, 0.1) is 12.3 Å². The highest BCUT2D eigenvalue weighted by molar-refractivity contribution is 6.33. The van der Waals surface area contributed by atoms with Crippen molar-refractivity contribution >= 4 is 51.8 Å². The Morgan fingerprint density at radius 2 is 1.76 bits per heavy atom. The summed E-state index contributed by atoms with van der Waals surface area (Å²) >= 11 is 6.46. The van der Waals surface area contributed by atoms with Gasteiger partial charge in [0.25, 0.3) is 5.91 Å². The van der Waals surface area contributed by atoms with Crippen LogP contribution in [-0.2, 0) is 11.3 Å². The molecule has 0 atom stereocenters. The topological polar surface area (TPSA) is 98.9 Å². The molecule has 196 valence electrons. The molecule has 5 rings (SSSR count). The van der Waals surface area contributed by atoms with Crippen molar-refractivity contribution in [1.82, 2.24) is 15.3 Å². The van der Waals surface area contributed by atoms with Gasteiger partial charge in [0.05, 0.1) is 21.7 Å². The Bertz CT molecular complexity index is 1470. The number of aromatic nitrogens is 2. The van der Waals surface area contributed by atoms with E-state index in [1.165, 1.54) is 6.42 Å². The summed E-state index contributed by atoms with van der Waals surface area (Å²) < 4.78 is 0. The van der Waals surface area contributed by atoms with Crippen LogP contribution in [0.1, 0.15) is 60.5 Å². The van der Waals surface area contributed by atoms with E-state index >= 15 is 0 Å². The molecular formula is C30H32ClN5O2. The van der Waals surface area contributed by atoms with Crippen LogP contribution in [0.25, 0.3) is 11.0 Å². The Hall–Kier alpha value is -3.84. The second-order valence-corrected chi connectivity index (χ2v) is 10.8. The fraction of sp³-hybridized carbons (Fsp3) is 0.300. The van der Waals surface area contributed by atoms with Crippen molar-refractivity contribution in [2.24, 2.45) is 5.41 Å². The SMILES string of the molecule is Cc1ccc(NC(=O)c2ccc3nc(Nc4cc(CNC(=O)C5(C)CCCCC5)ccc4Cl)[nH]c3c2)cc1. The lowest BCUT2D eigenvalue weighted by molar-refractivity contribution is -0.132. The average Bonchev–Trinajstić information content (AvgIpc) is 3.32. The zero-order valence-electron chi connectivity index (χ0n) is 21.7. The number of hydrogen-bond acceptors (Lipinski definition) is 4. The van der Waals surface area contributed by atoms with E-state index < -0.39 is 0 Å². The zero-order valence-corrected chi connectivity index (χ0v) is 22.4. The van der Waals surface area contributed by atoms with Gasteiger partial charge in [-0.25, -0.2) is 4.98 Å². The molecule has 1 heterocycles. The molecule has 0 spiro atoms. The van der Waals surface area contributed by atoms with Gasteiger partial charge in [0.2, 0.25) is 11.9 Å². The Morgan fingerprint density at radius 3 is 2.53 bits per heavy atom. The number of carbonyl (C=O) groups excluding carboxylic acids is 2. The number of imidazole rings is 1. The zero-order chi connectivity index (χ0) is 26.7. The fourth-order valence-corrected chi connectivity index (χ4v) is 5.08. The number of aromatic amines is 1. The number of aryl methyl sites for hydroxylation is 1. The molecule has 38 heavy (non-hydrogen) atoms. The molecule has 0 radical (unpaired) electrons. The van der Waals surface area contributed by atoms with Crippen molar-refractivity contribution in [3.63, 3.8) is 0 Å². The number of anilines is 3. The van der Waals surface area contributed by atoms with Crippen molar-refractivity contribution in [1.29, 1.82) is 0 Å². The maximum absolute atomic E-state index is 12.8. The Balaban J connectivity index is 1.26. The van der Waals surface area contributed by atoms with Crippen molar-refractivity contribution in [3.05, 3.63) is 82.4 Å². The highest BCUT2D eigenvalue weighted by Gasteiger charge is 2.34. The largest absolute Gasteiger partial charge is 0.352 e. The van der Waals surface area contributed by atoms with Gasteiger partial charge in [0, 0.05) is 23.2 Å². The second kappa shape index (κ2) is 10.9. The van der Waals surface area contributed by atoms with Crippen LogP contribution in [0.15, 0.2) is 60.7 Å². The minimum Gasteiger partial charge on any atom is -0.352 e. The predicted octanol–water partition coefficient (Wildman–Crippen LogP) is 7.11. The first kappa shape index (κ1) is 25.8. The molecule has 2 amide bonds. The van der Waals surface area contributed by atoms with Crippen molar-refractivity contribution in [3.8, 4) is 0 Å². The molecule has 3 aromatic carbocycles. The van der Waals surface area contributed by atoms with Gasteiger partial charge in [-0.15, -0.1) is 0 Å². The lowest BCUT2D eigenvalue weighted by atomic mass is 9.75. The summed E-state index contributed by atoms with van der Waals surface area (Å²) in [5.41, 5.74) is 5.18. The average molecular weight is 530 g/mol. The third kappa shape index (κ3) is 5.83. The number of nitrogens with zero attached hydrogens (tertiary/aromatic N) is 1. The lowest BCUT2D eigenvalue weighted by Gasteiger charge is -2.32. The summed E-state index contributed by atoms with van der Waals surface area (Å²) in [6.45, 7) is 4.50. The first-order chi connectivity index (χ1) is 18.3. The first-order valence-corrected chi connectivity index (χ1v) is 13.4. The number of hydrogen-bond donors (Lipinski definition) is 4. The van der Waals surface area contributed by atoms with Crippen molar-refractivity contribution in [2.75, 3.05) is 10.6 Å². The van der Waals surface area contributed by atoms with E-state index in [0.717, 1.165) is 53.5 Å². The van der Waals surface area contributed by atoms with Crippen molar-refractivity contribution in [2.45, 2.75) is 52.5 Å². The molecule has 0 saturated heterocycles. The highest BCUT2D eigenvalue weighted by atomic mass is 35.5. The Morgan fingerprint density at radius 1 is 1.00 bits per heavy atom. The standard InChI is InChI=1S/C30H32ClN5O2/c1-19-6-10-22(11-7-19)33-27(37)21-9-13-24-26(17-21)36-29(34-24)35-25-16-20(8-12-23(25)31)18-32-28(38)30(2)14-4-3-5-15-30/h6-13,16-17H,3-5,14-15,18H2,1-2H3,(H,32,38)(H,33,37)(H2,34,35,36). The Kier molecular flexibility index (Phi) is 7.38. The predicted molar refractivity (Wildman–Crippen MR) is 153 cm³/mol. The van der Waals surface area contributed by atoms with E-state index in [0.29, 0.717) is 28.8 Å². The number of nitrogens with one attached hydrogen (secondary N) is 4. The van der Waals surface area contributed by atoms with Gasteiger partial charge >= 0.3 is 0 Å². The molecule has 0 aliphatic heterocycles. The molecule has 4 aromatic rings. The van der Waals surface area contributed by atoms with Gasteiger partial charge in [-0.1, -0.05) is 61.5 Å². The summed E-state index contributed by atoms with van der Waals surface area (Å²) in [4.78, 5) is 33.4. The van der Waals surface area contributed by atoms with Gasteiger partial charge in [-0.05, 0) is 67.8 Å². The number of fused-ring (bicyclic) bond motifs is 1. The molecule has 1 aliphatic carbocycles. The lowest BCUT2D eigenvalue weighted by Crippen LogP contribution is -2.39. The second-order valence-electron chi connectivity index (χ2n) is 10.4. The maximum atomic E-state index is 12.8.